The fraction of sp³-hybridized carbons (Fsp3) is 0.692. The molecule has 0 spiro atoms. The lowest BCUT2D eigenvalue weighted by molar-refractivity contribution is -0.155. The number of hydrogen-bond donors (Lipinski definition) is 1. The van der Waals surface area contributed by atoms with Crippen LogP contribution in [0.15, 0.2) is 12.2 Å². The molecule has 0 heterocycles. The minimum atomic E-state index is -0.595. The van der Waals surface area contributed by atoms with E-state index in [2.05, 4.69) is 12.2 Å². The third-order valence-electron chi connectivity index (χ3n) is 4.08. The predicted octanol–water partition coefficient (Wildman–Crippen LogP) is 2.35. The van der Waals surface area contributed by atoms with Crippen molar-refractivity contribution < 1.29 is 15.4 Å². The van der Waals surface area contributed by atoms with Gasteiger partial charge in [-0.2, -0.15) is 0 Å². The summed E-state index contributed by atoms with van der Waals surface area (Å²) in [4.78, 5) is 11.3. The molecule has 2 aliphatic carbocycles. The van der Waals surface area contributed by atoms with E-state index in [1.165, 1.54) is 6.42 Å². The molecule has 0 aromatic rings. The second-order valence-corrected chi connectivity index (χ2v) is 4.89. The number of allylic oxidation sites excluding steroid dienone is 2. The van der Waals surface area contributed by atoms with Crippen LogP contribution in [0.25, 0.3) is 0 Å². The standard InChI is InChI=1S/C12H18O2.CH2.H2O/c1-12(11(13)14)8-4-6-9-5-2-3-7-10(9)12;;/h2,5,9-10H,3-4,6-8H2,1H3,(H,13,14);2*1H2. The highest BCUT2D eigenvalue weighted by molar-refractivity contribution is 5.74. The van der Waals surface area contributed by atoms with Crippen LogP contribution in [0.5, 0.6) is 0 Å². The number of carboxylic acid groups (broad SMARTS) is 1. The van der Waals surface area contributed by atoms with Gasteiger partial charge in [0.25, 0.3) is 0 Å². The van der Waals surface area contributed by atoms with E-state index < -0.39 is 11.4 Å². The van der Waals surface area contributed by atoms with Gasteiger partial charge in [0.2, 0.25) is 0 Å². The Labute approximate surface area is 97.9 Å². The van der Waals surface area contributed by atoms with Crippen LogP contribution in [0.3, 0.4) is 0 Å². The maximum atomic E-state index is 11.3. The van der Waals surface area contributed by atoms with Crippen molar-refractivity contribution in [2.75, 3.05) is 0 Å². The molecule has 3 unspecified atom stereocenters. The Balaban J connectivity index is 0.00000112. The van der Waals surface area contributed by atoms with Crippen molar-refractivity contribution in [1.29, 1.82) is 0 Å². The lowest BCUT2D eigenvalue weighted by Crippen LogP contribution is -2.43. The number of rotatable bonds is 1. The van der Waals surface area contributed by atoms with Crippen molar-refractivity contribution in [3.8, 4) is 0 Å². The van der Waals surface area contributed by atoms with E-state index in [9.17, 15) is 9.90 Å². The van der Waals surface area contributed by atoms with Gasteiger partial charge in [-0.3, -0.25) is 4.79 Å². The summed E-state index contributed by atoms with van der Waals surface area (Å²) >= 11 is 0. The Morgan fingerprint density at radius 1 is 1.44 bits per heavy atom. The first-order valence-corrected chi connectivity index (χ1v) is 5.54. The highest BCUT2D eigenvalue weighted by atomic mass is 16.4. The van der Waals surface area contributed by atoms with Crippen molar-refractivity contribution in [1.82, 2.24) is 0 Å². The summed E-state index contributed by atoms with van der Waals surface area (Å²) in [6.45, 7) is 1.94. The topological polar surface area (TPSA) is 68.8 Å². The molecule has 3 N–H and O–H groups in total. The third kappa shape index (κ3) is 2.29. The van der Waals surface area contributed by atoms with E-state index in [-0.39, 0.29) is 12.9 Å². The summed E-state index contributed by atoms with van der Waals surface area (Å²) in [5.74, 6) is 0.305. The highest BCUT2D eigenvalue weighted by Crippen LogP contribution is 2.48. The number of carbonyl (C=O) groups is 1. The molecule has 0 amide bonds. The summed E-state index contributed by atoms with van der Waals surface area (Å²) in [6, 6.07) is 0. The van der Waals surface area contributed by atoms with Crippen LogP contribution in [0.1, 0.15) is 39.0 Å². The average Bonchev–Trinajstić information content (AvgIpc) is 2.18. The highest BCUT2D eigenvalue weighted by Gasteiger charge is 2.46. The largest absolute Gasteiger partial charge is 0.481 e. The van der Waals surface area contributed by atoms with Gasteiger partial charge in [0.1, 0.15) is 0 Å². The summed E-state index contributed by atoms with van der Waals surface area (Å²) < 4.78 is 0. The van der Waals surface area contributed by atoms with Crippen LogP contribution in [0.2, 0.25) is 0 Å². The van der Waals surface area contributed by atoms with E-state index in [0.29, 0.717) is 11.8 Å². The minimum Gasteiger partial charge on any atom is -0.481 e. The predicted molar refractivity (Wildman–Crippen MR) is 63.9 cm³/mol. The van der Waals surface area contributed by atoms with Crippen molar-refractivity contribution in [2.24, 2.45) is 17.3 Å². The Morgan fingerprint density at radius 2 is 2.12 bits per heavy atom. The Morgan fingerprint density at radius 3 is 2.75 bits per heavy atom. The van der Waals surface area contributed by atoms with E-state index in [1.54, 1.807) is 0 Å². The lowest BCUT2D eigenvalue weighted by Gasteiger charge is -2.44. The molecule has 2 radical (unpaired) electrons. The van der Waals surface area contributed by atoms with Gasteiger partial charge >= 0.3 is 5.97 Å². The molecule has 0 aromatic heterocycles. The second-order valence-electron chi connectivity index (χ2n) is 4.89. The molecule has 3 atom stereocenters. The molecule has 16 heavy (non-hydrogen) atoms. The molecule has 2 rings (SSSR count). The molecule has 0 bridgehead atoms. The van der Waals surface area contributed by atoms with Crippen LogP contribution in [0.4, 0.5) is 0 Å². The van der Waals surface area contributed by atoms with Crippen molar-refractivity contribution in [3.63, 3.8) is 0 Å². The molecule has 1 saturated carbocycles. The van der Waals surface area contributed by atoms with Crippen LogP contribution in [-0.4, -0.2) is 16.6 Å². The van der Waals surface area contributed by atoms with Gasteiger partial charge in [-0.1, -0.05) is 26.0 Å². The van der Waals surface area contributed by atoms with E-state index >= 15 is 0 Å². The van der Waals surface area contributed by atoms with Crippen molar-refractivity contribution in [3.05, 3.63) is 19.6 Å². The SMILES string of the molecule is CC1(C(=O)O)CCCC2C=CCCC21.O.[CH2]. The fourth-order valence-electron chi connectivity index (χ4n) is 3.14. The molecular weight excluding hydrogens is 204 g/mol. The van der Waals surface area contributed by atoms with Crippen LogP contribution in [-0.2, 0) is 4.79 Å². The molecule has 0 aromatic carbocycles. The van der Waals surface area contributed by atoms with Crippen LogP contribution < -0.4 is 0 Å². The fourth-order valence-corrected chi connectivity index (χ4v) is 3.14. The maximum absolute atomic E-state index is 11.3. The molecule has 2 aliphatic rings. The maximum Gasteiger partial charge on any atom is 0.309 e. The summed E-state index contributed by atoms with van der Waals surface area (Å²) in [5.41, 5.74) is -0.465. The first kappa shape index (κ1) is 15.2. The van der Waals surface area contributed by atoms with Crippen LogP contribution >= 0.6 is 0 Å². The second kappa shape index (κ2) is 5.48. The van der Waals surface area contributed by atoms with E-state index in [4.69, 9.17) is 0 Å². The third-order valence-corrected chi connectivity index (χ3v) is 4.08. The molecule has 92 valence electrons. The smallest absolute Gasteiger partial charge is 0.309 e. The first-order valence-electron chi connectivity index (χ1n) is 5.54. The van der Waals surface area contributed by atoms with Crippen LogP contribution in [0, 0.1) is 24.7 Å². The normalized spacial score (nSPS) is 36.6. The Kier molecular flexibility index (Phi) is 5.20. The zero-order valence-corrected chi connectivity index (χ0v) is 9.91. The lowest BCUT2D eigenvalue weighted by atomic mass is 9.60. The summed E-state index contributed by atoms with van der Waals surface area (Å²) in [5, 5.41) is 9.31. The van der Waals surface area contributed by atoms with Gasteiger partial charge in [-0.05, 0) is 44.4 Å². The molecule has 3 heteroatoms. The van der Waals surface area contributed by atoms with Gasteiger partial charge in [0, 0.05) is 0 Å². The van der Waals surface area contributed by atoms with Gasteiger partial charge in [0.05, 0.1) is 5.41 Å². The number of hydrogen-bond acceptors (Lipinski definition) is 1. The van der Waals surface area contributed by atoms with Gasteiger partial charge in [0.15, 0.2) is 0 Å². The number of carboxylic acids is 1. The summed E-state index contributed by atoms with van der Waals surface area (Å²) in [6.07, 6.45) is 9.69. The summed E-state index contributed by atoms with van der Waals surface area (Å²) in [7, 11) is 0. The molecule has 0 saturated heterocycles. The van der Waals surface area contributed by atoms with Crippen molar-refractivity contribution in [2.45, 2.75) is 39.0 Å². The number of aliphatic carboxylic acids is 1. The average molecular weight is 226 g/mol. The molecule has 1 fully saturated rings. The Bertz CT molecular complexity index is 272. The zero-order valence-electron chi connectivity index (χ0n) is 9.91. The Hall–Kier alpha value is -0.830. The first-order chi connectivity index (χ1) is 6.64. The van der Waals surface area contributed by atoms with Crippen molar-refractivity contribution >= 4 is 5.97 Å². The van der Waals surface area contributed by atoms with Gasteiger partial charge in [-0.25, -0.2) is 0 Å². The zero-order chi connectivity index (χ0) is 10.2. The molecular formula is C13H22O3. The minimum absolute atomic E-state index is 0. The molecule has 3 nitrogen and oxygen atoms in total. The van der Waals surface area contributed by atoms with Gasteiger partial charge < -0.3 is 10.6 Å². The van der Waals surface area contributed by atoms with E-state index in [1.807, 2.05) is 6.92 Å². The van der Waals surface area contributed by atoms with Gasteiger partial charge in [-0.15, -0.1) is 0 Å². The van der Waals surface area contributed by atoms with E-state index in [0.717, 1.165) is 25.7 Å². The quantitative estimate of drug-likeness (QED) is 0.697. The molecule has 0 aliphatic heterocycles. The number of fused-ring (bicyclic) bond motifs is 1. The monoisotopic (exact) mass is 226 g/mol.